The summed E-state index contributed by atoms with van der Waals surface area (Å²) in [6.07, 6.45) is -1.53. The number of hydrogen-bond donors (Lipinski definition) is 0. The van der Waals surface area contributed by atoms with Crippen molar-refractivity contribution in [2.24, 2.45) is 0 Å². The molecule has 2 aromatic heterocycles. The van der Waals surface area contributed by atoms with Gasteiger partial charge in [0, 0.05) is 29.1 Å². The molecule has 0 bridgehead atoms. The third-order valence-corrected chi connectivity index (χ3v) is 4.87. The number of alkyl halides is 3. The first-order valence-electron chi connectivity index (χ1n) is 8.23. The molecule has 1 amide bonds. The van der Waals surface area contributed by atoms with Gasteiger partial charge in [-0.2, -0.15) is 13.2 Å². The molecule has 2 unspecified atom stereocenters. The van der Waals surface area contributed by atoms with E-state index in [0.29, 0.717) is 22.3 Å². The van der Waals surface area contributed by atoms with Crippen molar-refractivity contribution in [3.8, 4) is 5.88 Å². The minimum atomic E-state index is -4.43. The fourth-order valence-corrected chi connectivity index (χ4v) is 3.59. The predicted octanol–water partition coefficient (Wildman–Crippen LogP) is 4.66. The molecule has 0 aromatic carbocycles. The second-order valence-corrected chi connectivity index (χ2v) is 6.78. The molecule has 0 saturated heterocycles. The van der Waals surface area contributed by atoms with E-state index in [0.717, 1.165) is 0 Å². The van der Waals surface area contributed by atoms with E-state index in [-0.39, 0.29) is 29.0 Å². The Bertz CT molecular complexity index is 889. The smallest absolute Gasteiger partial charge is 0.422 e. The average molecular weight is 400 g/mol. The molecule has 27 heavy (non-hydrogen) atoms. The normalized spacial score (nSPS) is 17.8. The highest BCUT2D eigenvalue weighted by Gasteiger charge is 2.39. The molecule has 0 aliphatic carbocycles. The number of ether oxygens (including phenoxy) is 1. The highest BCUT2D eigenvalue weighted by atomic mass is 35.5. The molecule has 0 fully saturated rings. The summed E-state index contributed by atoms with van der Waals surface area (Å²) in [6.45, 7) is 3.89. The number of pyridine rings is 2. The Balaban J connectivity index is 1.84. The van der Waals surface area contributed by atoms with E-state index in [1.165, 1.54) is 12.4 Å². The van der Waals surface area contributed by atoms with Gasteiger partial charge in [0.05, 0.1) is 12.1 Å². The first kappa shape index (κ1) is 19.4. The first-order valence-corrected chi connectivity index (χ1v) is 8.61. The zero-order valence-electron chi connectivity index (χ0n) is 14.8. The Morgan fingerprint density at radius 1 is 1.37 bits per heavy atom. The van der Waals surface area contributed by atoms with E-state index < -0.39 is 12.8 Å². The lowest BCUT2D eigenvalue weighted by Crippen LogP contribution is -2.30. The number of aryl methyl sites for hydroxylation is 1. The summed E-state index contributed by atoms with van der Waals surface area (Å²) in [5, 5.41) is 0.285. The molecule has 2 aromatic rings. The molecule has 1 aliphatic heterocycles. The van der Waals surface area contributed by atoms with Crippen LogP contribution in [-0.4, -0.2) is 33.6 Å². The molecule has 0 radical (unpaired) electrons. The molecule has 0 saturated carbocycles. The fourth-order valence-electron chi connectivity index (χ4n) is 3.27. The Morgan fingerprint density at radius 2 is 2.07 bits per heavy atom. The van der Waals surface area contributed by atoms with Gasteiger partial charge >= 0.3 is 6.18 Å². The Labute approximate surface area is 159 Å². The van der Waals surface area contributed by atoms with Gasteiger partial charge in [0.2, 0.25) is 5.88 Å². The molecule has 3 rings (SSSR count). The van der Waals surface area contributed by atoms with E-state index >= 15 is 0 Å². The lowest BCUT2D eigenvalue weighted by atomic mass is 10.1. The van der Waals surface area contributed by atoms with Crippen LogP contribution in [0.3, 0.4) is 0 Å². The predicted molar refractivity (Wildman–Crippen MR) is 92.8 cm³/mol. The Kier molecular flexibility index (Phi) is 5.03. The maximum atomic E-state index is 12.8. The average Bonchev–Trinajstić information content (AvgIpc) is 2.84. The fraction of sp³-hybridized carbons (Fsp3) is 0.389. The van der Waals surface area contributed by atoms with E-state index in [1.54, 1.807) is 24.0 Å². The van der Waals surface area contributed by atoms with Gasteiger partial charge in [0.25, 0.3) is 5.91 Å². The quantitative estimate of drug-likeness (QED) is 0.702. The van der Waals surface area contributed by atoms with Gasteiger partial charge in [-0.15, -0.1) is 0 Å². The second-order valence-electron chi connectivity index (χ2n) is 6.42. The van der Waals surface area contributed by atoms with Gasteiger partial charge in [-0.3, -0.25) is 4.79 Å². The summed E-state index contributed by atoms with van der Waals surface area (Å²) in [7, 11) is 0. The van der Waals surface area contributed by atoms with E-state index in [9.17, 15) is 18.0 Å². The van der Waals surface area contributed by atoms with Crippen LogP contribution in [0.5, 0.6) is 5.88 Å². The number of rotatable bonds is 4. The third kappa shape index (κ3) is 3.71. The number of aromatic nitrogens is 2. The number of nitrogens with zero attached hydrogens (tertiary/aromatic N) is 3. The number of carbonyl (C=O) groups excluding carboxylic acids is 1. The van der Waals surface area contributed by atoms with Crippen molar-refractivity contribution in [3.63, 3.8) is 0 Å². The highest BCUT2D eigenvalue weighted by Crippen LogP contribution is 2.42. The molecule has 0 N–H and O–H groups in total. The minimum Gasteiger partial charge on any atom is -0.468 e. The summed E-state index contributed by atoms with van der Waals surface area (Å²) >= 11 is 6.15. The molecule has 144 valence electrons. The summed E-state index contributed by atoms with van der Waals surface area (Å²) in [5.41, 5.74) is 2.32. The third-order valence-electron chi connectivity index (χ3n) is 4.57. The van der Waals surface area contributed by atoms with Crippen LogP contribution in [0.1, 0.15) is 53.0 Å². The van der Waals surface area contributed by atoms with Gasteiger partial charge in [0.1, 0.15) is 5.15 Å². The standard InChI is InChI=1S/C18H17ClF3N3O2/c1-9-6-12(7-24-16(9)27-8-18(20,21)22)10(2)25-11(3)14-13(17(25)26)4-5-23-15(14)19/h4-7,10-11H,8H2,1-3H3. The van der Waals surface area contributed by atoms with Gasteiger partial charge in [-0.05, 0) is 38.5 Å². The molecule has 5 nitrogen and oxygen atoms in total. The van der Waals surface area contributed by atoms with Gasteiger partial charge in [-0.1, -0.05) is 11.6 Å². The molecular formula is C18H17ClF3N3O2. The molecule has 2 atom stereocenters. The van der Waals surface area contributed by atoms with Crippen LogP contribution in [0.15, 0.2) is 24.5 Å². The zero-order chi connectivity index (χ0) is 19.9. The van der Waals surface area contributed by atoms with Crippen LogP contribution in [0.2, 0.25) is 5.15 Å². The molecule has 0 spiro atoms. The van der Waals surface area contributed by atoms with E-state index in [1.807, 2.05) is 13.8 Å². The number of fused-ring (bicyclic) bond motifs is 1. The number of halogens is 4. The number of hydrogen-bond acceptors (Lipinski definition) is 4. The van der Waals surface area contributed by atoms with Gasteiger partial charge < -0.3 is 9.64 Å². The number of carbonyl (C=O) groups is 1. The molecule has 9 heteroatoms. The zero-order valence-corrected chi connectivity index (χ0v) is 15.6. The topological polar surface area (TPSA) is 55.3 Å². The lowest BCUT2D eigenvalue weighted by molar-refractivity contribution is -0.154. The molecular weight excluding hydrogens is 383 g/mol. The maximum Gasteiger partial charge on any atom is 0.422 e. The Hall–Kier alpha value is -2.35. The monoisotopic (exact) mass is 399 g/mol. The van der Waals surface area contributed by atoms with Crippen LogP contribution in [0.4, 0.5) is 13.2 Å². The van der Waals surface area contributed by atoms with Crippen LogP contribution in [0, 0.1) is 6.92 Å². The van der Waals surface area contributed by atoms with Crippen molar-refractivity contribution < 1.29 is 22.7 Å². The van der Waals surface area contributed by atoms with Crippen molar-refractivity contribution in [2.45, 2.75) is 39.0 Å². The first-order chi connectivity index (χ1) is 12.6. The summed E-state index contributed by atoms with van der Waals surface area (Å²) in [5.74, 6) is -0.260. The summed E-state index contributed by atoms with van der Waals surface area (Å²) < 4.78 is 41.7. The summed E-state index contributed by atoms with van der Waals surface area (Å²) in [4.78, 5) is 22.5. The van der Waals surface area contributed by atoms with Crippen molar-refractivity contribution in [1.82, 2.24) is 14.9 Å². The van der Waals surface area contributed by atoms with Crippen LogP contribution in [-0.2, 0) is 0 Å². The number of amides is 1. The lowest BCUT2D eigenvalue weighted by Gasteiger charge is -2.29. The van der Waals surface area contributed by atoms with Crippen LogP contribution in [0.25, 0.3) is 0 Å². The maximum absolute atomic E-state index is 12.8. The summed E-state index contributed by atoms with van der Waals surface area (Å²) in [6, 6.07) is 2.65. The van der Waals surface area contributed by atoms with Crippen molar-refractivity contribution in [2.75, 3.05) is 6.61 Å². The SMILES string of the molecule is Cc1cc(C(C)N2C(=O)c3ccnc(Cl)c3C2C)cnc1OCC(F)(F)F. The van der Waals surface area contributed by atoms with Gasteiger partial charge in [-0.25, -0.2) is 9.97 Å². The van der Waals surface area contributed by atoms with Crippen molar-refractivity contribution in [3.05, 3.63) is 51.9 Å². The second kappa shape index (κ2) is 6.99. The minimum absolute atomic E-state index is 0.0837. The largest absolute Gasteiger partial charge is 0.468 e. The van der Waals surface area contributed by atoms with Crippen molar-refractivity contribution in [1.29, 1.82) is 0 Å². The Morgan fingerprint density at radius 3 is 2.67 bits per heavy atom. The van der Waals surface area contributed by atoms with Gasteiger partial charge in [0.15, 0.2) is 6.61 Å². The van der Waals surface area contributed by atoms with Crippen LogP contribution < -0.4 is 4.74 Å². The molecule has 1 aliphatic rings. The van der Waals surface area contributed by atoms with Crippen molar-refractivity contribution >= 4 is 17.5 Å². The van der Waals surface area contributed by atoms with E-state index in [4.69, 9.17) is 16.3 Å². The van der Waals surface area contributed by atoms with E-state index in [2.05, 4.69) is 9.97 Å². The highest BCUT2D eigenvalue weighted by molar-refractivity contribution is 6.31. The van der Waals surface area contributed by atoms with Crippen LogP contribution >= 0.6 is 11.6 Å². The molecule has 3 heterocycles.